The molecule has 1 unspecified atom stereocenters. The van der Waals surface area contributed by atoms with E-state index in [2.05, 4.69) is 48.8 Å². The van der Waals surface area contributed by atoms with Crippen LogP contribution in [0, 0.1) is 5.82 Å². The van der Waals surface area contributed by atoms with Crippen LogP contribution >= 0.6 is 38.9 Å². The highest BCUT2D eigenvalue weighted by atomic mass is 79.9. The molecule has 0 radical (unpaired) electrons. The highest BCUT2D eigenvalue weighted by molar-refractivity contribution is 9.09. The third-order valence-corrected chi connectivity index (χ3v) is 6.22. The van der Waals surface area contributed by atoms with Crippen LogP contribution in [-0.2, 0) is 11.8 Å². The lowest BCUT2D eigenvalue weighted by molar-refractivity contribution is 0.604. The van der Waals surface area contributed by atoms with E-state index in [-0.39, 0.29) is 16.1 Å². The highest BCUT2D eigenvalue weighted by Gasteiger charge is 2.20. The molecule has 1 atom stereocenters. The molecular weight excluding hydrogens is 359 g/mol. The van der Waals surface area contributed by atoms with Crippen LogP contribution in [-0.4, -0.2) is 0 Å². The lowest BCUT2D eigenvalue weighted by atomic mass is 9.95. The summed E-state index contributed by atoms with van der Waals surface area (Å²) in [5.41, 5.74) is 0.715. The second-order valence-corrected chi connectivity index (χ2v) is 8.45. The Morgan fingerprint density at radius 1 is 1.25 bits per heavy atom. The van der Waals surface area contributed by atoms with Crippen molar-refractivity contribution >= 4 is 38.9 Å². The number of benzene rings is 1. The fourth-order valence-electron chi connectivity index (χ4n) is 1.93. The largest absolute Gasteiger partial charge is 0.207 e. The Labute approximate surface area is 137 Å². The monoisotopic (exact) mass is 374 g/mol. The van der Waals surface area contributed by atoms with Gasteiger partial charge in [-0.3, -0.25) is 0 Å². The van der Waals surface area contributed by atoms with Crippen molar-refractivity contribution in [2.24, 2.45) is 0 Å². The van der Waals surface area contributed by atoms with Crippen LogP contribution in [0.25, 0.3) is 0 Å². The van der Waals surface area contributed by atoms with Gasteiger partial charge in [0.1, 0.15) is 5.82 Å². The van der Waals surface area contributed by atoms with Crippen molar-refractivity contribution in [2.75, 3.05) is 0 Å². The highest BCUT2D eigenvalue weighted by Crippen LogP contribution is 2.38. The van der Waals surface area contributed by atoms with E-state index in [1.54, 1.807) is 23.5 Å². The van der Waals surface area contributed by atoms with Gasteiger partial charge in [-0.15, -0.1) is 11.3 Å². The number of alkyl halides is 1. The maximum Gasteiger partial charge on any atom is 0.127 e. The summed E-state index contributed by atoms with van der Waals surface area (Å²) in [5, 5.41) is 0.488. The molecular formula is C16H17BrClFS. The van der Waals surface area contributed by atoms with Crippen LogP contribution in [0.1, 0.15) is 40.9 Å². The van der Waals surface area contributed by atoms with Gasteiger partial charge in [0.05, 0.1) is 4.83 Å². The van der Waals surface area contributed by atoms with E-state index in [0.29, 0.717) is 17.0 Å². The minimum atomic E-state index is -0.241. The summed E-state index contributed by atoms with van der Waals surface area (Å²) < 4.78 is 13.8. The van der Waals surface area contributed by atoms with Crippen molar-refractivity contribution < 1.29 is 4.39 Å². The van der Waals surface area contributed by atoms with E-state index in [4.69, 9.17) is 11.6 Å². The predicted molar refractivity (Wildman–Crippen MR) is 89.8 cm³/mol. The lowest BCUT2D eigenvalue weighted by Crippen LogP contribution is -2.07. The number of hydrogen-bond donors (Lipinski definition) is 0. The molecule has 2 rings (SSSR count). The van der Waals surface area contributed by atoms with Crippen molar-refractivity contribution in [2.45, 2.75) is 37.4 Å². The molecule has 1 aromatic carbocycles. The summed E-state index contributed by atoms with van der Waals surface area (Å²) in [6.07, 6.45) is 0.551. The predicted octanol–water partition coefficient (Wildman–Crippen LogP) is 6.52. The van der Waals surface area contributed by atoms with Gasteiger partial charge >= 0.3 is 0 Å². The molecule has 20 heavy (non-hydrogen) atoms. The molecule has 1 heterocycles. The molecule has 1 aromatic heterocycles. The Morgan fingerprint density at radius 2 is 1.95 bits per heavy atom. The summed E-state index contributed by atoms with van der Waals surface area (Å²) >= 11 is 11.5. The van der Waals surface area contributed by atoms with Gasteiger partial charge in [-0.1, -0.05) is 54.4 Å². The molecule has 0 saturated heterocycles. The molecule has 0 N–H and O–H groups in total. The first-order valence-corrected chi connectivity index (χ1v) is 8.57. The van der Waals surface area contributed by atoms with Crippen LogP contribution in [0.15, 0.2) is 30.3 Å². The Hall–Kier alpha value is -0.380. The zero-order valence-electron chi connectivity index (χ0n) is 11.7. The van der Waals surface area contributed by atoms with Crippen molar-refractivity contribution in [1.29, 1.82) is 0 Å². The fraction of sp³-hybridized carbons (Fsp3) is 0.375. The summed E-state index contributed by atoms with van der Waals surface area (Å²) in [4.78, 5) is 2.61. The van der Waals surface area contributed by atoms with Gasteiger partial charge in [0.25, 0.3) is 0 Å². The Kier molecular flexibility index (Phi) is 4.93. The molecule has 0 aliphatic carbocycles. The molecule has 0 nitrogen and oxygen atoms in total. The Balaban J connectivity index is 2.20. The molecule has 4 heteroatoms. The maximum absolute atomic E-state index is 13.8. The summed E-state index contributed by atoms with van der Waals surface area (Å²) in [6, 6.07) is 9.08. The molecule has 0 aliphatic heterocycles. The second kappa shape index (κ2) is 6.17. The standard InChI is InChI=1S/C16H17BrClFS/c1-16(2,3)15-8-7-14(20-15)11(17)9-10-12(18)5-4-6-13(10)19/h4-8,11H,9H2,1-3H3. The van der Waals surface area contributed by atoms with Gasteiger partial charge in [0.2, 0.25) is 0 Å². The lowest BCUT2D eigenvalue weighted by Gasteiger charge is -2.16. The summed E-state index contributed by atoms with van der Waals surface area (Å²) in [5.74, 6) is -0.241. The van der Waals surface area contributed by atoms with E-state index < -0.39 is 0 Å². The van der Waals surface area contributed by atoms with Crippen molar-refractivity contribution in [3.8, 4) is 0 Å². The second-order valence-electron chi connectivity index (χ2n) is 5.82. The molecule has 2 aromatic rings. The molecule has 108 valence electrons. The number of halogens is 3. The summed E-state index contributed by atoms with van der Waals surface area (Å²) in [7, 11) is 0. The van der Waals surface area contributed by atoms with Crippen LogP contribution < -0.4 is 0 Å². The third-order valence-electron chi connectivity index (χ3n) is 3.12. The molecule has 0 spiro atoms. The van der Waals surface area contributed by atoms with Gasteiger partial charge in [0, 0.05) is 20.3 Å². The van der Waals surface area contributed by atoms with Crippen LogP contribution in [0.2, 0.25) is 5.02 Å². The third kappa shape index (κ3) is 3.63. The van der Waals surface area contributed by atoms with Crippen molar-refractivity contribution in [3.63, 3.8) is 0 Å². The van der Waals surface area contributed by atoms with Gasteiger partial charge in [-0.25, -0.2) is 4.39 Å². The van der Waals surface area contributed by atoms with E-state index in [9.17, 15) is 4.39 Å². The number of rotatable bonds is 3. The molecule has 0 bridgehead atoms. The maximum atomic E-state index is 13.8. The van der Waals surface area contributed by atoms with Gasteiger partial charge in [0.15, 0.2) is 0 Å². The minimum Gasteiger partial charge on any atom is -0.207 e. The number of hydrogen-bond acceptors (Lipinski definition) is 1. The van der Waals surface area contributed by atoms with Crippen LogP contribution in [0.4, 0.5) is 4.39 Å². The van der Waals surface area contributed by atoms with E-state index in [0.717, 1.165) is 0 Å². The van der Waals surface area contributed by atoms with Crippen LogP contribution in [0.5, 0.6) is 0 Å². The fourth-order valence-corrected chi connectivity index (χ4v) is 3.97. The van der Waals surface area contributed by atoms with E-state index in [1.807, 2.05) is 0 Å². The molecule has 0 fully saturated rings. The average molecular weight is 376 g/mol. The van der Waals surface area contributed by atoms with Crippen LogP contribution in [0.3, 0.4) is 0 Å². The van der Waals surface area contributed by atoms with Gasteiger partial charge in [-0.2, -0.15) is 0 Å². The SMILES string of the molecule is CC(C)(C)c1ccc(C(Br)Cc2c(F)cccc2Cl)s1. The first kappa shape index (κ1) is 16.0. The van der Waals surface area contributed by atoms with Crippen molar-refractivity contribution in [1.82, 2.24) is 0 Å². The topological polar surface area (TPSA) is 0 Å². The van der Waals surface area contributed by atoms with Gasteiger partial charge < -0.3 is 0 Å². The van der Waals surface area contributed by atoms with E-state index in [1.165, 1.54) is 15.8 Å². The zero-order chi connectivity index (χ0) is 14.9. The first-order valence-electron chi connectivity index (χ1n) is 6.46. The Morgan fingerprint density at radius 3 is 2.50 bits per heavy atom. The minimum absolute atomic E-state index is 0.0815. The average Bonchev–Trinajstić information content (AvgIpc) is 2.83. The molecule has 0 aliphatic rings. The number of thiophene rings is 1. The summed E-state index contributed by atoms with van der Waals surface area (Å²) in [6.45, 7) is 6.58. The first-order chi connectivity index (χ1) is 9.29. The Bertz CT molecular complexity index is 581. The smallest absolute Gasteiger partial charge is 0.127 e. The quantitative estimate of drug-likeness (QED) is 0.536. The van der Waals surface area contributed by atoms with E-state index >= 15 is 0 Å². The molecule has 0 amide bonds. The van der Waals surface area contributed by atoms with Crippen molar-refractivity contribution in [3.05, 3.63) is 56.5 Å². The zero-order valence-corrected chi connectivity index (χ0v) is 14.9. The van der Waals surface area contributed by atoms with Gasteiger partial charge in [-0.05, 0) is 36.1 Å². The molecule has 0 saturated carbocycles. The normalized spacial score (nSPS) is 13.5.